The van der Waals surface area contributed by atoms with Crippen LogP contribution in [0.1, 0.15) is 37.2 Å². The van der Waals surface area contributed by atoms with Crippen LogP contribution in [0.5, 0.6) is 0 Å². The Morgan fingerprint density at radius 1 is 1.38 bits per heavy atom. The molecule has 0 unspecified atom stereocenters. The van der Waals surface area contributed by atoms with Crippen LogP contribution in [-0.2, 0) is 0 Å². The van der Waals surface area contributed by atoms with E-state index >= 15 is 0 Å². The average molecular weight is 290 g/mol. The Morgan fingerprint density at radius 3 is 2.76 bits per heavy atom. The zero-order chi connectivity index (χ0) is 15.1. The lowest BCUT2D eigenvalue weighted by Crippen LogP contribution is -2.39. The summed E-state index contributed by atoms with van der Waals surface area (Å²) >= 11 is 0. The average Bonchev–Trinajstić information content (AvgIpc) is 3.00. The molecular weight excluding hydrogens is 271 g/mol. The molecule has 0 aliphatic carbocycles. The molecule has 112 valence electrons. The van der Waals surface area contributed by atoms with E-state index in [2.05, 4.69) is 27.5 Å². The van der Waals surface area contributed by atoms with Crippen molar-refractivity contribution in [3.05, 3.63) is 53.9 Å². The third kappa shape index (κ3) is 4.30. The van der Waals surface area contributed by atoms with Gasteiger partial charge in [-0.3, -0.25) is 0 Å². The molecule has 0 radical (unpaired) electrons. The molecule has 2 rings (SSSR count). The van der Waals surface area contributed by atoms with Crippen LogP contribution in [0, 0.1) is 5.82 Å². The predicted molar refractivity (Wildman–Crippen MR) is 78.3 cm³/mol. The van der Waals surface area contributed by atoms with E-state index in [-0.39, 0.29) is 11.8 Å². The van der Waals surface area contributed by atoms with Gasteiger partial charge in [-0.15, -0.1) is 0 Å². The summed E-state index contributed by atoms with van der Waals surface area (Å²) in [6, 6.07) is 5.28. The quantitative estimate of drug-likeness (QED) is 0.716. The van der Waals surface area contributed by atoms with Gasteiger partial charge in [0.1, 0.15) is 17.7 Å². The molecule has 1 heterocycles. The third-order valence-electron chi connectivity index (χ3n) is 3.09. The standard InChI is InChI=1S/C15H19FN4O/c1-2-3-8-19-15(21)20-13(14-17-9-10-18-14)11-4-6-12(16)7-5-11/h4-7,9-10,13H,2-3,8H2,1H3,(H,17,18)(H2,19,20,21)/t13-/m0/s1. The van der Waals surface area contributed by atoms with Gasteiger partial charge in [-0.2, -0.15) is 0 Å². The number of nitrogens with zero attached hydrogens (tertiary/aromatic N) is 1. The number of hydrogen-bond acceptors (Lipinski definition) is 2. The van der Waals surface area contributed by atoms with Gasteiger partial charge >= 0.3 is 6.03 Å². The number of urea groups is 1. The van der Waals surface area contributed by atoms with Crippen molar-refractivity contribution in [3.8, 4) is 0 Å². The Morgan fingerprint density at radius 2 is 2.14 bits per heavy atom. The first-order chi connectivity index (χ1) is 10.2. The number of carbonyl (C=O) groups is 1. The molecule has 0 spiro atoms. The van der Waals surface area contributed by atoms with Crippen LogP contribution in [0.15, 0.2) is 36.7 Å². The highest BCUT2D eigenvalue weighted by molar-refractivity contribution is 5.74. The van der Waals surface area contributed by atoms with Crippen molar-refractivity contribution in [1.29, 1.82) is 0 Å². The summed E-state index contributed by atoms with van der Waals surface area (Å²) in [4.78, 5) is 19.1. The molecule has 0 saturated heterocycles. The van der Waals surface area contributed by atoms with E-state index in [9.17, 15) is 9.18 Å². The third-order valence-corrected chi connectivity index (χ3v) is 3.09. The second-order valence-electron chi connectivity index (χ2n) is 4.71. The molecule has 0 aliphatic rings. The Balaban J connectivity index is 2.10. The summed E-state index contributed by atoms with van der Waals surface area (Å²) in [5.41, 5.74) is 0.761. The summed E-state index contributed by atoms with van der Waals surface area (Å²) in [6.07, 6.45) is 5.24. The monoisotopic (exact) mass is 290 g/mol. The van der Waals surface area contributed by atoms with Crippen LogP contribution in [0.3, 0.4) is 0 Å². The number of nitrogens with one attached hydrogen (secondary N) is 3. The molecule has 0 saturated carbocycles. The Labute approximate surface area is 123 Å². The lowest BCUT2D eigenvalue weighted by molar-refractivity contribution is 0.238. The minimum atomic E-state index is -0.442. The molecule has 1 aromatic heterocycles. The Kier molecular flexibility index (Phi) is 5.31. The summed E-state index contributed by atoms with van der Waals surface area (Å²) in [7, 11) is 0. The highest BCUT2D eigenvalue weighted by Gasteiger charge is 2.18. The van der Waals surface area contributed by atoms with Crippen LogP contribution < -0.4 is 10.6 Å². The molecular formula is C15H19FN4O. The second kappa shape index (κ2) is 7.42. The summed E-state index contributed by atoms with van der Waals surface area (Å²) in [6.45, 7) is 2.68. The molecule has 6 heteroatoms. The smallest absolute Gasteiger partial charge is 0.315 e. The normalized spacial score (nSPS) is 11.9. The maximum Gasteiger partial charge on any atom is 0.315 e. The Bertz CT molecular complexity index is 554. The summed E-state index contributed by atoms with van der Waals surface area (Å²) in [5.74, 6) is 0.289. The fourth-order valence-electron chi connectivity index (χ4n) is 1.96. The van der Waals surface area contributed by atoms with E-state index in [4.69, 9.17) is 0 Å². The molecule has 0 aliphatic heterocycles. The van der Waals surface area contributed by atoms with Crippen molar-refractivity contribution >= 4 is 6.03 Å². The van der Waals surface area contributed by atoms with E-state index in [1.807, 2.05) is 0 Å². The molecule has 3 N–H and O–H groups in total. The molecule has 1 atom stereocenters. The summed E-state index contributed by atoms with van der Waals surface area (Å²) < 4.78 is 13.0. The van der Waals surface area contributed by atoms with Gasteiger partial charge in [0.05, 0.1) is 0 Å². The fourth-order valence-corrected chi connectivity index (χ4v) is 1.96. The topological polar surface area (TPSA) is 69.8 Å². The SMILES string of the molecule is CCCCNC(=O)N[C@@H](c1ccc(F)cc1)c1ncc[nH]1. The number of imidazole rings is 1. The largest absolute Gasteiger partial charge is 0.347 e. The van der Waals surface area contributed by atoms with Crippen molar-refractivity contribution < 1.29 is 9.18 Å². The molecule has 2 amide bonds. The van der Waals surface area contributed by atoms with E-state index in [1.54, 1.807) is 24.5 Å². The van der Waals surface area contributed by atoms with Crippen molar-refractivity contribution in [2.45, 2.75) is 25.8 Å². The van der Waals surface area contributed by atoms with Gasteiger partial charge in [-0.05, 0) is 24.1 Å². The molecule has 0 fully saturated rings. The van der Waals surface area contributed by atoms with Gasteiger partial charge < -0.3 is 15.6 Å². The number of unbranched alkanes of at least 4 members (excludes halogenated alkanes) is 1. The highest BCUT2D eigenvalue weighted by atomic mass is 19.1. The first kappa shape index (κ1) is 15.0. The van der Waals surface area contributed by atoms with Crippen LogP contribution in [0.2, 0.25) is 0 Å². The highest BCUT2D eigenvalue weighted by Crippen LogP contribution is 2.19. The first-order valence-corrected chi connectivity index (χ1v) is 6.99. The first-order valence-electron chi connectivity index (χ1n) is 6.99. The van der Waals surface area contributed by atoms with E-state index in [0.29, 0.717) is 12.4 Å². The van der Waals surface area contributed by atoms with Crippen molar-refractivity contribution in [2.75, 3.05) is 6.54 Å². The van der Waals surface area contributed by atoms with Crippen LogP contribution in [0.25, 0.3) is 0 Å². The van der Waals surface area contributed by atoms with Crippen LogP contribution in [-0.4, -0.2) is 22.5 Å². The summed E-state index contributed by atoms with van der Waals surface area (Å²) in [5, 5.41) is 5.64. The van der Waals surface area contributed by atoms with E-state index in [1.165, 1.54) is 12.1 Å². The number of benzene rings is 1. The van der Waals surface area contributed by atoms with Crippen LogP contribution >= 0.6 is 0 Å². The lowest BCUT2D eigenvalue weighted by Gasteiger charge is -2.17. The van der Waals surface area contributed by atoms with Gasteiger partial charge in [0.25, 0.3) is 0 Å². The molecule has 5 nitrogen and oxygen atoms in total. The van der Waals surface area contributed by atoms with E-state index < -0.39 is 6.04 Å². The number of rotatable bonds is 6. The maximum atomic E-state index is 13.0. The number of hydrogen-bond donors (Lipinski definition) is 3. The number of aromatic nitrogens is 2. The van der Waals surface area contributed by atoms with Crippen LogP contribution in [0.4, 0.5) is 9.18 Å². The zero-order valence-electron chi connectivity index (χ0n) is 11.9. The number of amides is 2. The van der Waals surface area contributed by atoms with E-state index in [0.717, 1.165) is 18.4 Å². The second-order valence-corrected chi connectivity index (χ2v) is 4.71. The number of halogens is 1. The minimum absolute atomic E-state index is 0.269. The maximum absolute atomic E-state index is 13.0. The molecule has 21 heavy (non-hydrogen) atoms. The van der Waals surface area contributed by atoms with Crippen molar-refractivity contribution in [1.82, 2.24) is 20.6 Å². The number of aromatic amines is 1. The Hall–Kier alpha value is -2.37. The lowest BCUT2D eigenvalue weighted by atomic mass is 10.1. The molecule has 0 bridgehead atoms. The number of carbonyl (C=O) groups excluding carboxylic acids is 1. The van der Waals surface area contributed by atoms with Gasteiger partial charge in [0, 0.05) is 18.9 Å². The van der Waals surface area contributed by atoms with Gasteiger partial charge in [0.2, 0.25) is 0 Å². The molecule has 2 aromatic rings. The van der Waals surface area contributed by atoms with Gasteiger partial charge in [-0.1, -0.05) is 25.5 Å². The van der Waals surface area contributed by atoms with Crippen molar-refractivity contribution in [3.63, 3.8) is 0 Å². The zero-order valence-corrected chi connectivity index (χ0v) is 11.9. The molecule has 1 aromatic carbocycles. The minimum Gasteiger partial charge on any atom is -0.347 e. The number of H-pyrrole nitrogens is 1. The fraction of sp³-hybridized carbons (Fsp3) is 0.333. The predicted octanol–water partition coefficient (Wildman–Crippen LogP) is 2.74. The van der Waals surface area contributed by atoms with Crippen molar-refractivity contribution in [2.24, 2.45) is 0 Å². The van der Waals surface area contributed by atoms with Gasteiger partial charge in [0.15, 0.2) is 0 Å². The van der Waals surface area contributed by atoms with Gasteiger partial charge in [-0.25, -0.2) is 14.2 Å².